The van der Waals surface area contributed by atoms with Crippen LogP contribution in [0.15, 0.2) is 72.8 Å². The molecular weight excluding hydrogens is 416 g/mol. The summed E-state index contributed by atoms with van der Waals surface area (Å²) in [6.45, 7) is 0. The second kappa shape index (κ2) is 8.78. The Labute approximate surface area is 183 Å². The van der Waals surface area contributed by atoms with Gasteiger partial charge < -0.3 is 9.84 Å². The summed E-state index contributed by atoms with van der Waals surface area (Å²) in [6.07, 6.45) is -3.45. The SMILES string of the molecule is COC(=O)N(C1c2ccccc2-c2ccccc21)[C@@H](Cc1ccc(C(F)F)cc1)C(=O)O. The standard InChI is InChI=1S/C25H21F2NO4/c1-32-25(31)28(21(24(29)30)14-15-10-12-16(13-11-15)23(26)27)22-19-8-4-2-6-17(19)18-7-3-5-9-20(18)22/h2-13,21-23H,14H2,1H3,(H,29,30)/t21-/m0/s1. The van der Waals surface area contributed by atoms with E-state index in [1.54, 1.807) is 0 Å². The number of fused-ring (bicyclic) bond motifs is 3. The third kappa shape index (κ3) is 3.82. The molecular formula is C25H21F2NO4. The van der Waals surface area contributed by atoms with Gasteiger partial charge in [-0.1, -0.05) is 72.8 Å². The minimum absolute atomic E-state index is 0.0607. The van der Waals surface area contributed by atoms with Gasteiger partial charge in [0.2, 0.25) is 0 Å². The molecule has 0 radical (unpaired) electrons. The summed E-state index contributed by atoms with van der Waals surface area (Å²) in [5.74, 6) is -1.21. The lowest BCUT2D eigenvalue weighted by Crippen LogP contribution is -2.48. The van der Waals surface area contributed by atoms with Crippen molar-refractivity contribution in [2.45, 2.75) is 24.9 Å². The van der Waals surface area contributed by atoms with Crippen LogP contribution >= 0.6 is 0 Å². The average Bonchev–Trinajstić information content (AvgIpc) is 3.13. The van der Waals surface area contributed by atoms with E-state index in [-0.39, 0.29) is 12.0 Å². The van der Waals surface area contributed by atoms with Crippen LogP contribution in [0.25, 0.3) is 11.1 Å². The topological polar surface area (TPSA) is 66.8 Å². The van der Waals surface area contributed by atoms with Crippen molar-refractivity contribution in [1.29, 1.82) is 0 Å². The third-order valence-corrected chi connectivity index (χ3v) is 5.75. The average molecular weight is 437 g/mol. The molecule has 0 saturated carbocycles. The van der Waals surface area contributed by atoms with Crippen molar-refractivity contribution in [3.63, 3.8) is 0 Å². The molecule has 0 saturated heterocycles. The van der Waals surface area contributed by atoms with Crippen molar-refractivity contribution in [2.24, 2.45) is 0 Å². The fourth-order valence-corrected chi connectivity index (χ4v) is 4.27. The van der Waals surface area contributed by atoms with Crippen molar-refractivity contribution in [1.82, 2.24) is 4.90 Å². The molecule has 1 aliphatic rings. The van der Waals surface area contributed by atoms with Gasteiger partial charge in [0.1, 0.15) is 6.04 Å². The Morgan fingerprint density at radius 1 is 0.938 bits per heavy atom. The third-order valence-electron chi connectivity index (χ3n) is 5.75. The van der Waals surface area contributed by atoms with E-state index in [2.05, 4.69) is 0 Å². The number of carbonyl (C=O) groups is 2. The molecule has 3 aromatic carbocycles. The molecule has 0 bridgehead atoms. The maximum absolute atomic E-state index is 12.9. The Bertz CT molecular complexity index is 1100. The second-order valence-electron chi connectivity index (χ2n) is 7.55. The van der Waals surface area contributed by atoms with Crippen molar-refractivity contribution in [2.75, 3.05) is 7.11 Å². The zero-order valence-corrected chi connectivity index (χ0v) is 17.2. The van der Waals surface area contributed by atoms with E-state index < -0.39 is 30.6 Å². The number of carbonyl (C=O) groups excluding carboxylic acids is 1. The molecule has 32 heavy (non-hydrogen) atoms. The summed E-state index contributed by atoms with van der Waals surface area (Å²) >= 11 is 0. The van der Waals surface area contributed by atoms with Crippen molar-refractivity contribution >= 4 is 12.1 Å². The van der Waals surface area contributed by atoms with Crippen molar-refractivity contribution in [3.05, 3.63) is 95.1 Å². The molecule has 7 heteroatoms. The zero-order valence-electron chi connectivity index (χ0n) is 17.2. The second-order valence-corrected chi connectivity index (χ2v) is 7.55. The minimum atomic E-state index is -2.61. The number of hydrogen-bond acceptors (Lipinski definition) is 3. The van der Waals surface area contributed by atoms with E-state index in [4.69, 9.17) is 4.74 Å². The van der Waals surface area contributed by atoms with E-state index in [9.17, 15) is 23.5 Å². The molecule has 1 atom stereocenters. The summed E-state index contributed by atoms with van der Waals surface area (Å²) in [6, 6.07) is 18.6. The summed E-state index contributed by atoms with van der Waals surface area (Å²) < 4.78 is 30.8. The van der Waals surface area contributed by atoms with Crippen molar-refractivity contribution < 1.29 is 28.2 Å². The number of carboxylic acid groups (broad SMARTS) is 1. The number of halogens is 2. The van der Waals surface area contributed by atoms with Gasteiger partial charge in [0.15, 0.2) is 0 Å². The first-order chi connectivity index (χ1) is 15.4. The highest BCUT2D eigenvalue weighted by molar-refractivity contribution is 5.85. The number of hydrogen-bond donors (Lipinski definition) is 1. The zero-order chi connectivity index (χ0) is 22.8. The Kier molecular flexibility index (Phi) is 5.90. The van der Waals surface area contributed by atoms with Gasteiger partial charge in [0.25, 0.3) is 6.43 Å². The number of nitrogens with zero attached hydrogens (tertiary/aromatic N) is 1. The van der Waals surface area contributed by atoms with Crippen LogP contribution in [0.4, 0.5) is 13.6 Å². The predicted octanol–water partition coefficient (Wildman–Crippen LogP) is 5.46. The van der Waals surface area contributed by atoms with E-state index in [1.807, 2.05) is 48.5 Å². The monoisotopic (exact) mass is 437 g/mol. The summed E-state index contributed by atoms with van der Waals surface area (Å²) in [4.78, 5) is 26.5. The molecule has 1 amide bonds. The Hall–Kier alpha value is -3.74. The van der Waals surface area contributed by atoms with Crippen LogP contribution in [-0.2, 0) is 16.0 Å². The summed E-state index contributed by atoms with van der Waals surface area (Å²) in [5, 5.41) is 10.1. The fourth-order valence-electron chi connectivity index (χ4n) is 4.27. The first-order valence-electron chi connectivity index (χ1n) is 10.1. The Morgan fingerprint density at radius 2 is 1.47 bits per heavy atom. The smallest absolute Gasteiger partial charge is 0.411 e. The number of rotatable bonds is 6. The largest absolute Gasteiger partial charge is 0.480 e. The number of methoxy groups -OCH3 is 1. The molecule has 0 heterocycles. The molecule has 0 aliphatic heterocycles. The van der Waals surface area contributed by atoms with E-state index >= 15 is 0 Å². The van der Waals surface area contributed by atoms with Gasteiger partial charge >= 0.3 is 12.1 Å². The number of amides is 1. The van der Waals surface area contributed by atoms with E-state index in [0.717, 1.165) is 22.3 Å². The van der Waals surface area contributed by atoms with Gasteiger partial charge in [-0.25, -0.2) is 18.4 Å². The van der Waals surface area contributed by atoms with Gasteiger partial charge in [-0.2, -0.15) is 0 Å². The lowest BCUT2D eigenvalue weighted by molar-refractivity contribution is -0.143. The van der Waals surface area contributed by atoms with Crippen molar-refractivity contribution in [3.8, 4) is 11.1 Å². The number of carboxylic acids is 1. The molecule has 164 valence electrons. The molecule has 4 rings (SSSR count). The van der Waals surface area contributed by atoms with Crippen LogP contribution in [0.2, 0.25) is 0 Å². The molecule has 0 unspecified atom stereocenters. The molecule has 1 aliphatic carbocycles. The number of ether oxygens (including phenoxy) is 1. The van der Waals surface area contributed by atoms with Crippen LogP contribution in [0, 0.1) is 0 Å². The van der Waals surface area contributed by atoms with E-state index in [1.165, 1.54) is 36.3 Å². The van der Waals surface area contributed by atoms with Crippen LogP contribution in [-0.4, -0.2) is 35.2 Å². The van der Waals surface area contributed by atoms with Crippen LogP contribution in [0.1, 0.15) is 34.7 Å². The minimum Gasteiger partial charge on any atom is -0.480 e. The molecule has 1 N–H and O–H groups in total. The highest BCUT2D eigenvalue weighted by atomic mass is 19.3. The maximum atomic E-state index is 12.9. The number of benzene rings is 3. The number of alkyl halides is 2. The van der Waals surface area contributed by atoms with Gasteiger partial charge in [0, 0.05) is 12.0 Å². The van der Waals surface area contributed by atoms with Gasteiger partial charge in [0.05, 0.1) is 13.2 Å². The predicted molar refractivity (Wildman–Crippen MR) is 114 cm³/mol. The molecule has 0 aromatic heterocycles. The van der Waals surface area contributed by atoms with Gasteiger partial charge in [-0.3, -0.25) is 4.90 Å². The highest BCUT2D eigenvalue weighted by Crippen LogP contribution is 2.47. The quantitative estimate of drug-likeness (QED) is 0.556. The van der Waals surface area contributed by atoms with E-state index in [0.29, 0.717) is 5.56 Å². The first-order valence-corrected chi connectivity index (χ1v) is 10.1. The molecule has 0 fully saturated rings. The van der Waals surface area contributed by atoms with Gasteiger partial charge in [-0.05, 0) is 27.8 Å². The first kappa shape index (κ1) is 21.5. The summed E-state index contributed by atoms with van der Waals surface area (Å²) in [7, 11) is 1.21. The molecule has 3 aromatic rings. The Balaban J connectivity index is 1.78. The molecule has 5 nitrogen and oxygen atoms in total. The van der Waals surface area contributed by atoms with Crippen LogP contribution in [0.5, 0.6) is 0 Å². The lowest BCUT2D eigenvalue weighted by Gasteiger charge is -2.34. The normalized spacial score (nSPS) is 13.4. The molecule has 0 spiro atoms. The maximum Gasteiger partial charge on any atom is 0.411 e. The fraction of sp³-hybridized carbons (Fsp3) is 0.200. The Morgan fingerprint density at radius 3 is 1.94 bits per heavy atom. The van der Waals surface area contributed by atoms with Crippen LogP contribution in [0.3, 0.4) is 0 Å². The summed E-state index contributed by atoms with van der Waals surface area (Å²) in [5.41, 5.74) is 3.83. The lowest BCUT2D eigenvalue weighted by atomic mass is 9.98. The number of aliphatic carboxylic acids is 1. The van der Waals surface area contributed by atoms with Gasteiger partial charge in [-0.15, -0.1) is 0 Å². The highest BCUT2D eigenvalue weighted by Gasteiger charge is 2.42. The van der Waals surface area contributed by atoms with Crippen LogP contribution < -0.4 is 0 Å².